The Labute approximate surface area is 215 Å². The van der Waals surface area contributed by atoms with Crippen molar-refractivity contribution in [3.63, 3.8) is 0 Å². The molecule has 2 amide bonds. The van der Waals surface area contributed by atoms with Crippen LogP contribution in [0.25, 0.3) is 10.9 Å². The lowest BCUT2D eigenvalue weighted by Gasteiger charge is -2.32. The number of nitrogens with zero attached hydrogens (tertiary/aromatic N) is 1. The summed E-state index contributed by atoms with van der Waals surface area (Å²) in [5.41, 5.74) is 4.17. The molecule has 8 heteroatoms. The quantitative estimate of drug-likeness (QED) is 0.430. The molecule has 2 aliphatic rings. The number of aromatic amines is 1. The summed E-state index contributed by atoms with van der Waals surface area (Å²) in [7, 11) is 1.59. The van der Waals surface area contributed by atoms with Crippen molar-refractivity contribution in [2.45, 2.75) is 44.6 Å². The number of fused-ring (bicyclic) bond motifs is 2. The molecule has 1 aromatic heterocycles. The van der Waals surface area contributed by atoms with Gasteiger partial charge >= 0.3 is 0 Å². The van der Waals surface area contributed by atoms with Crippen LogP contribution in [0.5, 0.6) is 5.75 Å². The molecule has 2 aromatic carbocycles. The Balaban J connectivity index is 1.46. The first-order valence-electron chi connectivity index (χ1n) is 12.7. The number of methoxy groups -OCH3 is 1. The molecule has 1 fully saturated rings. The van der Waals surface area contributed by atoms with Crippen LogP contribution >= 0.6 is 0 Å². The van der Waals surface area contributed by atoms with Gasteiger partial charge in [0.05, 0.1) is 24.8 Å². The second kappa shape index (κ2) is 10.1. The van der Waals surface area contributed by atoms with E-state index in [9.17, 15) is 19.6 Å². The van der Waals surface area contributed by atoms with E-state index in [0.717, 1.165) is 27.6 Å². The molecule has 190 valence electrons. The first-order valence-corrected chi connectivity index (χ1v) is 12.7. The van der Waals surface area contributed by atoms with Crippen molar-refractivity contribution < 1.29 is 19.1 Å². The lowest BCUT2D eigenvalue weighted by molar-refractivity contribution is -0.125. The summed E-state index contributed by atoms with van der Waals surface area (Å²) in [6.45, 7) is 2.58. The standard InChI is InChI=1S/C29H30N4O4/c1-16-6-8-20-17(12-16)7-9-21(27(34)24-14-22-23(33-24)4-3-5-25(22)37-2)26(20)29(36)32-19(15-30)13-18-10-11-31-28(18)35/h3-6,8,12,14,18-19,21,26,33H,7,9-11,13H2,1-2H3,(H,31,35)(H,32,36)/t18-,19-,21?,26+/m0/s1. The highest BCUT2D eigenvalue weighted by Crippen LogP contribution is 2.39. The van der Waals surface area contributed by atoms with Gasteiger partial charge in [0.2, 0.25) is 11.8 Å². The zero-order valence-electron chi connectivity index (χ0n) is 21.0. The monoisotopic (exact) mass is 498 g/mol. The summed E-state index contributed by atoms with van der Waals surface area (Å²) in [5, 5.41) is 16.2. The molecule has 0 spiro atoms. The highest BCUT2D eigenvalue weighted by atomic mass is 16.5. The molecule has 0 bridgehead atoms. The molecule has 3 N–H and O–H groups in total. The van der Waals surface area contributed by atoms with Crippen LogP contribution in [0.15, 0.2) is 42.5 Å². The summed E-state index contributed by atoms with van der Waals surface area (Å²) in [6, 6.07) is 14.6. The fraction of sp³-hybridized carbons (Fsp3) is 0.379. The number of hydrogen-bond acceptors (Lipinski definition) is 5. The third-order valence-electron chi connectivity index (χ3n) is 7.64. The SMILES string of the molecule is COc1cccc2[nH]c(C(=O)C3CCc4cc(C)ccc4[C@H]3C(=O)N[C@H](C#N)C[C@@H]3CCNC3=O)cc12. The Morgan fingerprint density at radius 1 is 1.22 bits per heavy atom. The van der Waals surface area contributed by atoms with Crippen molar-refractivity contribution in [2.24, 2.45) is 11.8 Å². The maximum Gasteiger partial charge on any atom is 0.229 e. The molecule has 1 aliphatic carbocycles. The molecule has 0 saturated carbocycles. The van der Waals surface area contributed by atoms with E-state index in [0.29, 0.717) is 37.3 Å². The molecule has 1 aliphatic heterocycles. The normalized spacial score (nSPS) is 21.5. The van der Waals surface area contributed by atoms with E-state index in [1.807, 2.05) is 37.3 Å². The second-order valence-electron chi connectivity index (χ2n) is 10.00. The lowest BCUT2D eigenvalue weighted by atomic mass is 9.71. The lowest BCUT2D eigenvalue weighted by Crippen LogP contribution is -2.44. The molecular weight excluding hydrogens is 468 g/mol. The van der Waals surface area contributed by atoms with E-state index in [2.05, 4.69) is 27.8 Å². The van der Waals surface area contributed by atoms with Crippen LogP contribution in [0.2, 0.25) is 0 Å². The van der Waals surface area contributed by atoms with Crippen molar-refractivity contribution >= 4 is 28.5 Å². The molecule has 2 heterocycles. The van der Waals surface area contributed by atoms with Gasteiger partial charge in [-0.1, -0.05) is 29.8 Å². The van der Waals surface area contributed by atoms with E-state index in [4.69, 9.17) is 4.74 Å². The number of benzene rings is 2. The van der Waals surface area contributed by atoms with Crippen molar-refractivity contribution in [1.82, 2.24) is 15.6 Å². The predicted octanol–water partition coefficient (Wildman–Crippen LogP) is 3.55. The number of nitriles is 1. The fourth-order valence-electron chi connectivity index (χ4n) is 5.75. The van der Waals surface area contributed by atoms with Gasteiger partial charge in [-0.2, -0.15) is 5.26 Å². The number of carbonyl (C=O) groups excluding carboxylic acids is 3. The number of amides is 2. The maximum atomic E-state index is 13.9. The molecule has 37 heavy (non-hydrogen) atoms. The van der Waals surface area contributed by atoms with Crippen LogP contribution < -0.4 is 15.4 Å². The number of aromatic nitrogens is 1. The first-order chi connectivity index (χ1) is 17.9. The zero-order chi connectivity index (χ0) is 26.1. The minimum atomic E-state index is -0.815. The highest BCUT2D eigenvalue weighted by molar-refractivity contribution is 6.05. The molecule has 8 nitrogen and oxygen atoms in total. The number of Topliss-reactive ketones (excluding diaryl/α,β-unsaturated/α-hetero) is 1. The van der Waals surface area contributed by atoms with Crippen LogP contribution in [0.4, 0.5) is 0 Å². The number of H-pyrrole nitrogens is 1. The summed E-state index contributed by atoms with van der Waals surface area (Å²) in [6.07, 6.45) is 2.10. The van der Waals surface area contributed by atoms with E-state index in [1.165, 1.54) is 0 Å². The summed E-state index contributed by atoms with van der Waals surface area (Å²) in [4.78, 5) is 42.9. The van der Waals surface area contributed by atoms with E-state index >= 15 is 0 Å². The number of rotatable bonds is 7. The summed E-state index contributed by atoms with van der Waals surface area (Å²) < 4.78 is 5.45. The molecule has 1 unspecified atom stereocenters. The van der Waals surface area contributed by atoms with Gasteiger partial charge in [0, 0.05) is 29.3 Å². The smallest absolute Gasteiger partial charge is 0.229 e. The largest absolute Gasteiger partial charge is 0.496 e. The number of aryl methyl sites for hydroxylation is 2. The van der Waals surface area contributed by atoms with Crippen molar-refractivity contribution in [2.75, 3.05) is 13.7 Å². The van der Waals surface area contributed by atoms with Gasteiger partial charge in [0.1, 0.15) is 11.8 Å². The Bertz CT molecular complexity index is 1420. The van der Waals surface area contributed by atoms with Gasteiger partial charge in [-0.25, -0.2) is 0 Å². The summed E-state index contributed by atoms with van der Waals surface area (Å²) in [5.74, 6) is -1.56. The number of ketones is 1. The highest BCUT2D eigenvalue weighted by Gasteiger charge is 2.41. The summed E-state index contributed by atoms with van der Waals surface area (Å²) >= 11 is 0. The predicted molar refractivity (Wildman–Crippen MR) is 138 cm³/mol. The average Bonchev–Trinajstić information content (AvgIpc) is 3.52. The Morgan fingerprint density at radius 2 is 2.05 bits per heavy atom. The van der Waals surface area contributed by atoms with Crippen molar-refractivity contribution in [1.29, 1.82) is 5.26 Å². The van der Waals surface area contributed by atoms with Gasteiger partial charge in [-0.3, -0.25) is 14.4 Å². The molecule has 0 radical (unpaired) electrons. The Kier molecular flexibility index (Phi) is 6.70. The van der Waals surface area contributed by atoms with Gasteiger partial charge in [0.15, 0.2) is 5.78 Å². The molecular formula is C29H30N4O4. The molecule has 5 rings (SSSR count). The Hall–Kier alpha value is -4.12. The van der Waals surface area contributed by atoms with Crippen LogP contribution in [0.3, 0.4) is 0 Å². The number of hydrogen-bond donors (Lipinski definition) is 3. The van der Waals surface area contributed by atoms with Gasteiger partial charge in [0.25, 0.3) is 0 Å². The van der Waals surface area contributed by atoms with E-state index in [1.54, 1.807) is 13.2 Å². The number of carbonyl (C=O) groups is 3. The third kappa shape index (κ3) is 4.69. The maximum absolute atomic E-state index is 13.9. The van der Waals surface area contributed by atoms with Crippen LogP contribution in [0, 0.1) is 30.1 Å². The van der Waals surface area contributed by atoms with Crippen LogP contribution in [-0.4, -0.2) is 42.3 Å². The third-order valence-corrected chi connectivity index (χ3v) is 7.64. The van der Waals surface area contributed by atoms with E-state index in [-0.39, 0.29) is 29.9 Å². The van der Waals surface area contributed by atoms with Crippen molar-refractivity contribution in [3.05, 3.63) is 64.8 Å². The average molecular weight is 499 g/mol. The zero-order valence-corrected chi connectivity index (χ0v) is 21.0. The van der Waals surface area contributed by atoms with E-state index < -0.39 is 17.9 Å². The minimum absolute atomic E-state index is 0.0877. The molecule has 3 aromatic rings. The number of nitrogens with one attached hydrogen (secondary N) is 3. The van der Waals surface area contributed by atoms with Crippen LogP contribution in [0.1, 0.15) is 52.4 Å². The molecule has 1 saturated heterocycles. The second-order valence-corrected chi connectivity index (χ2v) is 10.00. The number of ether oxygens (including phenoxy) is 1. The van der Waals surface area contributed by atoms with Crippen molar-refractivity contribution in [3.8, 4) is 11.8 Å². The van der Waals surface area contributed by atoms with Gasteiger partial charge in [-0.05, 0) is 61.9 Å². The fourth-order valence-corrected chi connectivity index (χ4v) is 5.75. The van der Waals surface area contributed by atoms with Crippen LogP contribution in [-0.2, 0) is 16.0 Å². The van der Waals surface area contributed by atoms with Gasteiger partial charge < -0.3 is 20.4 Å². The minimum Gasteiger partial charge on any atom is -0.496 e. The Morgan fingerprint density at radius 3 is 2.78 bits per heavy atom. The topological polar surface area (TPSA) is 124 Å². The first kappa shape index (κ1) is 24.6. The molecule has 4 atom stereocenters. The van der Waals surface area contributed by atoms with Gasteiger partial charge in [-0.15, -0.1) is 0 Å².